The number of carbonyl (C=O) groups is 8. The number of benzene rings is 2. The van der Waals surface area contributed by atoms with Crippen LogP contribution in [0.3, 0.4) is 0 Å². The number of aliphatic hydroxyl groups is 1. The maximum absolute atomic E-state index is 15.1. The van der Waals surface area contributed by atoms with Gasteiger partial charge < -0.3 is 62.4 Å². The zero-order valence-corrected chi connectivity index (χ0v) is 37.5. The smallest absolute Gasteiger partial charge is 0.481 e. The molecule has 2 aromatic carbocycles. The van der Waals surface area contributed by atoms with E-state index in [0.29, 0.717) is 23.0 Å². The normalized spacial score (nSPS) is 13.6. The molecular weight excluding hydrogens is 938 g/mol. The summed E-state index contributed by atoms with van der Waals surface area (Å²) in [4.78, 5) is 96.2. The molecule has 1 unspecified atom stereocenters. The van der Waals surface area contributed by atoms with Crippen LogP contribution in [0.1, 0.15) is 50.9 Å². The van der Waals surface area contributed by atoms with Gasteiger partial charge >= 0.3 is 30.1 Å². The average Bonchev–Trinajstić information content (AvgIpc) is 3.65. The number of rotatable bonds is 23. The topological polar surface area (TPSA) is 334 Å². The van der Waals surface area contributed by atoms with Crippen LogP contribution < -0.4 is 27.4 Å². The Morgan fingerprint density at radius 2 is 1.46 bits per heavy atom. The summed E-state index contributed by atoms with van der Waals surface area (Å²) < 4.78 is 62.9. The van der Waals surface area contributed by atoms with Gasteiger partial charge in [0.2, 0.25) is 23.6 Å². The summed E-state index contributed by atoms with van der Waals surface area (Å²) in [7, 11) is 0. The van der Waals surface area contributed by atoms with Gasteiger partial charge in [0, 0.05) is 48.4 Å². The first-order valence-corrected chi connectivity index (χ1v) is 21.2. The van der Waals surface area contributed by atoms with Crippen molar-refractivity contribution >= 4 is 59.3 Å². The molecular formula is C42H52F5N7O13S. The summed E-state index contributed by atoms with van der Waals surface area (Å²) >= 11 is 0.663. The van der Waals surface area contributed by atoms with E-state index in [4.69, 9.17) is 31.6 Å². The lowest BCUT2D eigenvalue weighted by Gasteiger charge is -2.41. The average molecular weight is 990 g/mol. The minimum atomic E-state index is -5.08. The third-order valence-electron chi connectivity index (χ3n) is 9.48. The molecule has 3 aromatic rings. The highest BCUT2D eigenvalue weighted by Gasteiger charge is 2.39. The second-order valence-electron chi connectivity index (χ2n) is 15.9. The van der Waals surface area contributed by atoms with Gasteiger partial charge in [0.05, 0.1) is 30.3 Å². The summed E-state index contributed by atoms with van der Waals surface area (Å²) in [5.74, 6) is -12.2. The SMILES string of the molecule is CC(C)(C)[C@H](c1cc(-c2cc(F)ccc2F)cn1Cc1ccccc1)N(CC[C@H](N)C(=O)N[C@H](CNC(=O)CNC(=O)C(CC(=O)O)SC[C@H](N)C(=O)O)C(=O)O)C(=O)CO.O=C(O)C(F)(F)F. The van der Waals surface area contributed by atoms with Crippen molar-refractivity contribution in [2.45, 2.75) is 75.8 Å². The molecule has 0 aliphatic carbocycles. The number of amides is 4. The second kappa shape index (κ2) is 26.0. The van der Waals surface area contributed by atoms with E-state index >= 15 is 4.39 Å². The predicted molar refractivity (Wildman–Crippen MR) is 232 cm³/mol. The molecule has 68 heavy (non-hydrogen) atoms. The molecule has 0 saturated heterocycles. The number of halogens is 5. The van der Waals surface area contributed by atoms with Crippen molar-refractivity contribution in [3.8, 4) is 11.1 Å². The molecule has 374 valence electrons. The van der Waals surface area contributed by atoms with Gasteiger partial charge in [-0.1, -0.05) is 51.1 Å². The Labute approximate surface area is 389 Å². The molecule has 0 aliphatic rings. The Morgan fingerprint density at radius 1 is 0.838 bits per heavy atom. The molecule has 3 rings (SSSR count). The number of aliphatic carboxylic acids is 4. The summed E-state index contributed by atoms with van der Waals surface area (Å²) in [5.41, 5.74) is 12.5. The van der Waals surface area contributed by atoms with Crippen molar-refractivity contribution in [1.82, 2.24) is 25.4 Å². The molecule has 0 aliphatic heterocycles. The van der Waals surface area contributed by atoms with E-state index in [0.717, 1.165) is 23.8 Å². The monoisotopic (exact) mass is 989 g/mol. The van der Waals surface area contributed by atoms with Crippen molar-refractivity contribution in [3.05, 3.63) is 83.7 Å². The minimum Gasteiger partial charge on any atom is -0.481 e. The lowest BCUT2D eigenvalue weighted by Crippen LogP contribution is -2.54. The van der Waals surface area contributed by atoms with Gasteiger partial charge in [-0.05, 0) is 41.7 Å². The summed E-state index contributed by atoms with van der Waals surface area (Å²) in [6, 6.07) is 8.55. The highest BCUT2D eigenvalue weighted by Crippen LogP contribution is 2.41. The number of nitrogens with zero attached hydrogens (tertiary/aromatic N) is 2. The van der Waals surface area contributed by atoms with Crippen molar-refractivity contribution in [2.24, 2.45) is 16.9 Å². The summed E-state index contributed by atoms with van der Waals surface area (Å²) in [6.07, 6.45) is -4.40. The number of carbonyl (C=O) groups excluding carboxylic acids is 4. The molecule has 5 atom stereocenters. The third-order valence-corrected chi connectivity index (χ3v) is 10.8. The predicted octanol–water partition coefficient (Wildman–Crippen LogP) is 1.53. The van der Waals surface area contributed by atoms with E-state index in [-0.39, 0.29) is 30.8 Å². The van der Waals surface area contributed by atoms with Gasteiger partial charge in [-0.25, -0.2) is 18.4 Å². The van der Waals surface area contributed by atoms with Crippen molar-refractivity contribution in [3.63, 3.8) is 0 Å². The molecule has 0 fully saturated rings. The number of aliphatic hydroxyl groups excluding tert-OH is 1. The van der Waals surface area contributed by atoms with E-state index < -0.39 is 126 Å². The zero-order valence-electron chi connectivity index (χ0n) is 36.7. The second-order valence-corrected chi connectivity index (χ2v) is 17.1. The molecule has 0 saturated carbocycles. The van der Waals surface area contributed by atoms with Crippen LogP contribution in [0.25, 0.3) is 11.1 Å². The minimum absolute atomic E-state index is 0.0209. The number of nitrogens with one attached hydrogen (secondary N) is 3. The summed E-state index contributed by atoms with van der Waals surface area (Å²) in [5, 5.41) is 50.4. The number of alkyl halides is 3. The van der Waals surface area contributed by atoms with Gasteiger partial charge in [0.25, 0.3) is 0 Å². The Morgan fingerprint density at radius 3 is 1.99 bits per heavy atom. The molecule has 0 bridgehead atoms. The van der Waals surface area contributed by atoms with Gasteiger partial charge in [-0.3, -0.25) is 28.8 Å². The first-order valence-electron chi connectivity index (χ1n) is 20.1. The Kier molecular flexibility index (Phi) is 22.0. The number of aromatic nitrogens is 1. The van der Waals surface area contributed by atoms with Gasteiger partial charge in [-0.15, -0.1) is 11.8 Å². The molecule has 12 N–H and O–H groups in total. The van der Waals surface area contributed by atoms with Crippen LogP contribution in [0.4, 0.5) is 22.0 Å². The van der Waals surface area contributed by atoms with Crippen LogP contribution in [0.2, 0.25) is 0 Å². The molecule has 0 radical (unpaired) electrons. The van der Waals surface area contributed by atoms with Crippen LogP contribution in [-0.2, 0) is 44.9 Å². The van der Waals surface area contributed by atoms with E-state index in [1.807, 2.05) is 51.1 Å². The number of hydrogen-bond acceptors (Lipinski definition) is 12. The van der Waals surface area contributed by atoms with Gasteiger partial charge in [0.15, 0.2) is 0 Å². The fraction of sp³-hybridized carbons (Fsp3) is 0.429. The van der Waals surface area contributed by atoms with Crippen LogP contribution in [0.5, 0.6) is 0 Å². The molecule has 1 aromatic heterocycles. The lowest BCUT2D eigenvalue weighted by molar-refractivity contribution is -0.192. The maximum atomic E-state index is 15.1. The highest BCUT2D eigenvalue weighted by atomic mass is 32.2. The lowest BCUT2D eigenvalue weighted by atomic mass is 9.82. The van der Waals surface area contributed by atoms with E-state index in [9.17, 15) is 61.3 Å². The fourth-order valence-corrected chi connectivity index (χ4v) is 7.30. The van der Waals surface area contributed by atoms with Crippen molar-refractivity contribution in [1.29, 1.82) is 0 Å². The largest absolute Gasteiger partial charge is 0.490 e. The van der Waals surface area contributed by atoms with Crippen molar-refractivity contribution < 1.29 is 85.8 Å². The van der Waals surface area contributed by atoms with E-state index in [2.05, 4.69) is 16.0 Å². The molecule has 26 heteroatoms. The maximum Gasteiger partial charge on any atom is 0.490 e. The molecule has 20 nitrogen and oxygen atoms in total. The standard InChI is InChI=1S/C40H51F2N7O11S.C2HF3O2/c1-40(2,3)35(30-13-23(25-14-24(41)9-10-26(25)42)19-48(30)18-22-7-5-4-6-8-22)49(33(52)20-50)12-11-27(43)36(55)47-29(39(59)60)16-45-32(51)17-46-37(56)31(15-34(53)54)61-21-28(44)38(57)58;3-2(4,5)1(6)7/h4-10,13-14,19,27-29,31,35,50H,11-12,15-18,20-21,43-44H2,1-3H3,(H,45,51)(H,46,56)(H,47,55)(H,53,54)(H,57,58)(H,59,60);(H,6,7)/t27-,28-,29+,31?,35-;/m0./s1. The number of carboxylic acid groups (broad SMARTS) is 4. The molecule has 1 heterocycles. The van der Waals surface area contributed by atoms with E-state index in [1.54, 1.807) is 16.8 Å². The van der Waals surface area contributed by atoms with Crippen LogP contribution in [0.15, 0.2) is 60.8 Å². The van der Waals surface area contributed by atoms with Crippen molar-refractivity contribution in [2.75, 3.05) is 32.0 Å². The Balaban J connectivity index is 0.00000209. The van der Waals surface area contributed by atoms with Gasteiger partial charge in [-0.2, -0.15) is 13.2 Å². The van der Waals surface area contributed by atoms with Crippen LogP contribution in [-0.4, -0.2) is 144 Å². The third kappa shape index (κ3) is 18.6. The quantitative estimate of drug-likeness (QED) is 0.0603. The van der Waals surface area contributed by atoms with Gasteiger partial charge in [0.1, 0.15) is 30.3 Å². The van der Waals surface area contributed by atoms with E-state index in [1.165, 1.54) is 4.90 Å². The highest BCUT2D eigenvalue weighted by molar-refractivity contribution is 8.00. The van der Waals surface area contributed by atoms with Crippen LogP contribution in [0, 0.1) is 17.0 Å². The fourth-order valence-electron chi connectivity index (χ4n) is 6.23. The Bertz CT molecular complexity index is 2260. The zero-order chi connectivity index (χ0) is 51.7. The number of nitrogens with two attached hydrogens (primary N) is 2. The first kappa shape index (κ1) is 57.5. The first-order chi connectivity index (χ1) is 31.6. The number of thioether (sulfide) groups is 1. The summed E-state index contributed by atoms with van der Waals surface area (Å²) in [6.45, 7) is 3.18. The Hall–Kier alpha value is -6.64. The molecule has 4 amide bonds. The molecule has 0 spiro atoms. The van der Waals surface area contributed by atoms with Crippen LogP contribution >= 0.6 is 11.8 Å². The number of carboxylic acids is 4. The number of hydrogen-bond donors (Lipinski definition) is 10.